The van der Waals surface area contributed by atoms with Gasteiger partial charge in [0.25, 0.3) is 0 Å². The number of hydrogen-bond acceptors (Lipinski definition) is 4. The predicted molar refractivity (Wildman–Crippen MR) is 94.9 cm³/mol. The standard InChI is InChI=1S/C19H35NO4/c1-4-5-6-7-8-9-10-14-23-18(21)17-12-11-13-20(17)19(22)24-15-16(2)3/h16-17H,4-15H2,1-3H3/t17-/m0/s1. The summed E-state index contributed by atoms with van der Waals surface area (Å²) in [5, 5.41) is 0. The first-order valence-electron chi connectivity index (χ1n) is 9.66. The van der Waals surface area contributed by atoms with Crippen molar-refractivity contribution in [3.05, 3.63) is 0 Å². The fourth-order valence-corrected chi connectivity index (χ4v) is 2.88. The average molecular weight is 341 g/mol. The van der Waals surface area contributed by atoms with E-state index in [-0.39, 0.29) is 12.1 Å². The van der Waals surface area contributed by atoms with Crippen molar-refractivity contribution in [1.29, 1.82) is 0 Å². The molecule has 0 N–H and O–H groups in total. The predicted octanol–water partition coefficient (Wildman–Crippen LogP) is 4.54. The van der Waals surface area contributed by atoms with Crippen molar-refractivity contribution in [3.63, 3.8) is 0 Å². The molecule has 1 heterocycles. The van der Waals surface area contributed by atoms with Crippen LogP contribution in [0.1, 0.15) is 78.6 Å². The number of likely N-dealkylation sites (tertiary alicyclic amines) is 1. The lowest BCUT2D eigenvalue weighted by atomic mass is 10.1. The SMILES string of the molecule is CCCCCCCCCOC(=O)[C@@H]1CCCN1C(=O)OCC(C)C. The highest BCUT2D eigenvalue weighted by Gasteiger charge is 2.36. The highest BCUT2D eigenvalue weighted by Crippen LogP contribution is 2.20. The van der Waals surface area contributed by atoms with E-state index in [1.165, 1.54) is 37.0 Å². The molecule has 0 aromatic heterocycles. The molecule has 140 valence electrons. The van der Waals surface area contributed by atoms with E-state index >= 15 is 0 Å². The largest absolute Gasteiger partial charge is 0.464 e. The molecule has 0 aromatic rings. The summed E-state index contributed by atoms with van der Waals surface area (Å²) < 4.78 is 10.6. The summed E-state index contributed by atoms with van der Waals surface area (Å²) in [5.41, 5.74) is 0. The second-order valence-corrected chi connectivity index (χ2v) is 7.11. The third-order valence-corrected chi connectivity index (χ3v) is 4.29. The number of rotatable bonds is 11. The third kappa shape index (κ3) is 8.02. The molecule has 24 heavy (non-hydrogen) atoms. The van der Waals surface area contributed by atoms with Crippen LogP contribution < -0.4 is 0 Å². The minimum atomic E-state index is -0.464. The number of carbonyl (C=O) groups excluding carboxylic acids is 2. The van der Waals surface area contributed by atoms with E-state index < -0.39 is 6.04 Å². The zero-order valence-corrected chi connectivity index (χ0v) is 15.7. The van der Waals surface area contributed by atoms with Gasteiger partial charge in [0, 0.05) is 6.54 Å². The molecule has 5 heteroatoms. The number of amides is 1. The lowest BCUT2D eigenvalue weighted by Crippen LogP contribution is -2.42. The van der Waals surface area contributed by atoms with Crippen LogP contribution >= 0.6 is 0 Å². The smallest absolute Gasteiger partial charge is 0.410 e. The van der Waals surface area contributed by atoms with Crippen LogP contribution in [0.2, 0.25) is 0 Å². The number of unbranched alkanes of at least 4 members (excludes halogenated alkanes) is 6. The van der Waals surface area contributed by atoms with Gasteiger partial charge in [-0.25, -0.2) is 9.59 Å². The maximum atomic E-state index is 12.2. The molecular formula is C19H35NO4. The minimum absolute atomic E-state index is 0.278. The monoisotopic (exact) mass is 341 g/mol. The average Bonchev–Trinajstić information content (AvgIpc) is 3.04. The molecule has 0 aliphatic carbocycles. The maximum absolute atomic E-state index is 12.2. The van der Waals surface area contributed by atoms with Crippen LogP contribution in [0.25, 0.3) is 0 Å². The molecule has 0 aromatic carbocycles. The first-order chi connectivity index (χ1) is 11.6. The van der Waals surface area contributed by atoms with Gasteiger partial charge < -0.3 is 9.47 Å². The first-order valence-corrected chi connectivity index (χ1v) is 9.66. The van der Waals surface area contributed by atoms with E-state index in [1.54, 1.807) is 0 Å². The second kappa shape index (κ2) is 12.2. The molecule has 0 spiro atoms. The zero-order valence-electron chi connectivity index (χ0n) is 15.7. The number of carbonyl (C=O) groups is 2. The van der Waals surface area contributed by atoms with E-state index in [9.17, 15) is 9.59 Å². The van der Waals surface area contributed by atoms with Crippen molar-refractivity contribution in [3.8, 4) is 0 Å². The number of esters is 1. The van der Waals surface area contributed by atoms with Gasteiger partial charge in [0.1, 0.15) is 6.04 Å². The van der Waals surface area contributed by atoms with Gasteiger partial charge in [-0.3, -0.25) is 4.90 Å². The Bertz CT molecular complexity index is 370. The Balaban J connectivity index is 2.19. The molecular weight excluding hydrogens is 306 g/mol. The van der Waals surface area contributed by atoms with Crippen molar-refractivity contribution in [1.82, 2.24) is 4.90 Å². The number of hydrogen-bond donors (Lipinski definition) is 0. The number of ether oxygens (including phenoxy) is 2. The van der Waals surface area contributed by atoms with Crippen LogP contribution in [0.4, 0.5) is 4.79 Å². The van der Waals surface area contributed by atoms with Crippen LogP contribution in [-0.4, -0.2) is 42.8 Å². The molecule has 1 fully saturated rings. The Morgan fingerprint density at radius 3 is 2.38 bits per heavy atom. The van der Waals surface area contributed by atoms with Crippen LogP contribution in [0, 0.1) is 5.92 Å². The zero-order chi connectivity index (χ0) is 17.8. The summed E-state index contributed by atoms with van der Waals surface area (Å²) in [4.78, 5) is 25.8. The van der Waals surface area contributed by atoms with Gasteiger partial charge in [-0.15, -0.1) is 0 Å². The van der Waals surface area contributed by atoms with E-state index in [0.717, 1.165) is 19.3 Å². The van der Waals surface area contributed by atoms with Gasteiger partial charge in [0.15, 0.2) is 0 Å². The second-order valence-electron chi connectivity index (χ2n) is 7.11. The molecule has 5 nitrogen and oxygen atoms in total. The maximum Gasteiger partial charge on any atom is 0.410 e. The normalized spacial score (nSPS) is 17.3. The Hall–Kier alpha value is -1.26. The molecule has 1 atom stereocenters. The Kier molecular flexibility index (Phi) is 10.5. The summed E-state index contributed by atoms with van der Waals surface area (Å²) in [6.45, 7) is 7.61. The minimum Gasteiger partial charge on any atom is -0.464 e. The van der Waals surface area contributed by atoms with Gasteiger partial charge in [-0.2, -0.15) is 0 Å². The van der Waals surface area contributed by atoms with Gasteiger partial charge in [-0.1, -0.05) is 59.3 Å². The van der Waals surface area contributed by atoms with Crippen LogP contribution in [-0.2, 0) is 14.3 Å². The van der Waals surface area contributed by atoms with Gasteiger partial charge in [0.05, 0.1) is 13.2 Å². The molecule has 1 saturated heterocycles. The Labute approximate surface area is 147 Å². The van der Waals surface area contributed by atoms with Crippen LogP contribution in [0.15, 0.2) is 0 Å². The Morgan fingerprint density at radius 1 is 1.04 bits per heavy atom. The third-order valence-electron chi connectivity index (χ3n) is 4.29. The summed E-state index contributed by atoms with van der Waals surface area (Å²) >= 11 is 0. The van der Waals surface area contributed by atoms with Crippen molar-refractivity contribution in [2.45, 2.75) is 84.6 Å². The van der Waals surface area contributed by atoms with E-state index in [0.29, 0.717) is 32.1 Å². The fourth-order valence-electron chi connectivity index (χ4n) is 2.88. The topological polar surface area (TPSA) is 55.8 Å². The highest BCUT2D eigenvalue weighted by atomic mass is 16.6. The quantitative estimate of drug-likeness (QED) is 0.409. The summed E-state index contributed by atoms with van der Waals surface area (Å²) in [6.07, 6.45) is 9.44. The van der Waals surface area contributed by atoms with Gasteiger partial charge >= 0.3 is 12.1 Å². The molecule has 0 unspecified atom stereocenters. The van der Waals surface area contributed by atoms with E-state index in [1.807, 2.05) is 13.8 Å². The molecule has 0 radical (unpaired) electrons. The Morgan fingerprint density at radius 2 is 1.71 bits per heavy atom. The van der Waals surface area contributed by atoms with Gasteiger partial charge in [-0.05, 0) is 25.2 Å². The van der Waals surface area contributed by atoms with Crippen molar-refractivity contribution in [2.75, 3.05) is 19.8 Å². The highest BCUT2D eigenvalue weighted by molar-refractivity contribution is 5.82. The molecule has 1 rings (SSSR count). The molecule has 1 amide bonds. The van der Waals surface area contributed by atoms with E-state index in [4.69, 9.17) is 9.47 Å². The molecule has 0 saturated carbocycles. The molecule has 1 aliphatic rings. The summed E-state index contributed by atoms with van der Waals surface area (Å²) in [7, 11) is 0. The van der Waals surface area contributed by atoms with Crippen molar-refractivity contribution >= 4 is 12.1 Å². The lowest BCUT2D eigenvalue weighted by molar-refractivity contribution is -0.148. The van der Waals surface area contributed by atoms with Crippen LogP contribution in [0.5, 0.6) is 0 Å². The van der Waals surface area contributed by atoms with Crippen LogP contribution in [0.3, 0.4) is 0 Å². The van der Waals surface area contributed by atoms with Crippen molar-refractivity contribution in [2.24, 2.45) is 5.92 Å². The number of nitrogens with zero attached hydrogens (tertiary/aromatic N) is 1. The van der Waals surface area contributed by atoms with E-state index in [2.05, 4.69) is 6.92 Å². The van der Waals surface area contributed by atoms with Gasteiger partial charge in [0.2, 0.25) is 0 Å². The molecule has 1 aliphatic heterocycles. The summed E-state index contributed by atoms with van der Waals surface area (Å²) in [6, 6.07) is -0.464. The lowest BCUT2D eigenvalue weighted by Gasteiger charge is -2.23. The fraction of sp³-hybridized carbons (Fsp3) is 0.895. The summed E-state index contributed by atoms with van der Waals surface area (Å²) in [5.74, 6) is 0.0132. The van der Waals surface area contributed by atoms with Crippen molar-refractivity contribution < 1.29 is 19.1 Å². The first kappa shape index (κ1) is 20.8. The molecule has 0 bridgehead atoms.